The maximum atomic E-state index is 5.86. The summed E-state index contributed by atoms with van der Waals surface area (Å²) in [7, 11) is 3.89. The van der Waals surface area contributed by atoms with Gasteiger partial charge in [-0.1, -0.05) is 18.2 Å². The van der Waals surface area contributed by atoms with Gasteiger partial charge in [-0.25, -0.2) is 0 Å². The van der Waals surface area contributed by atoms with Crippen molar-refractivity contribution in [2.24, 2.45) is 10.9 Å². The van der Waals surface area contributed by atoms with Crippen molar-refractivity contribution in [3.8, 4) is 5.75 Å². The monoisotopic (exact) mass is 496 g/mol. The van der Waals surface area contributed by atoms with Gasteiger partial charge >= 0.3 is 0 Å². The molecule has 1 aliphatic rings. The zero-order valence-corrected chi connectivity index (χ0v) is 18.8. The highest BCUT2D eigenvalue weighted by molar-refractivity contribution is 14.0. The van der Waals surface area contributed by atoms with E-state index in [2.05, 4.69) is 33.3 Å². The first-order valence-electron chi connectivity index (χ1n) is 9.36. The summed E-state index contributed by atoms with van der Waals surface area (Å²) in [5.41, 5.74) is 2.06. The fourth-order valence-corrected chi connectivity index (χ4v) is 3.15. The molecule has 3 rings (SSSR count). The van der Waals surface area contributed by atoms with Crippen LogP contribution in [0.1, 0.15) is 17.7 Å². The van der Waals surface area contributed by atoms with Crippen molar-refractivity contribution < 1.29 is 9.47 Å². The van der Waals surface area contributed by atoms with Crippen LogP contribution in [0.2, 0.25) is 0 Å². The number of aliphatic imine (C=N–C) groups is 1. The first-order valence-corrected chi connectivity index (χ1v) is 9.36. The smallest absolute Gasteiger partial charge is 0.193 e. The molecule has 1 atom stereocenters. The van der Waals surface area contributed by atoms with Crippen molar-refractivity contribution in [1.82, 2.24) is 15.2 Å². The molecule has 0 spiro atoms. The van der Waals surface area contributed by atoms with E-state index in [9.17, 15) is 0 Å². The highest BCUT2D eigenvalue weighted by atomic mass is 127. The van der Waals surface area contributed by atoms with Gasteiger partial charge in [-0.2, -0.15) is 0 Å². The molecule has 1 fully saturated rings. The van der Waals surface area contributed by atoms with E-state index < -0.39 is 0 Å². The van der Waals surface area contributed by atoms with Crippen molar-refractivity contribution in [2.45, 2.75) is 19.6 Å². The Balaban J connectivity index is 0.00000280. The van der Waals surface area contributed by atoms with E-state index in [1.54, 1.807) is 6.20 Å². The minimum Gasteiger partial charge on any atom is -0.487 e. The summed E-state index contributed by atoms with van der Waals surface area (Å²) < 4.78 is 11.3. The highest BCUT2D eigenvalue weighted by Gasteiger charge is 2.19. The summed E-state index contributed by atoms with van der Waals surface area (Å²) in [6.45, 7) is 3.82. The second-order valence-corrected chi connectivity index (χ2v) is 6.77. The predicted molar refractivity (Wildman–Crippen MR) is 122 cm³/mol. The molecular formula is C21H29IN4O2. The second-order valence-electron chi connectivity index (χ2n) is 6.77. The van der Waals surface area contributed by atoms with Crippen molar-refractivity contribution in [1.29, 1.82) is 0 Å². The molecule has 28 heavy (non-hydrogen) atoms. The largest absolute Gasteiger partial charge is 0.487 e. The Labute approximate surface area is 184 Å². The van der Waals surface area contributed by atoms with E-state index in [0.29, 0.717) is 19.1 Å². The van der Waals surface area contributed by atoms with Crippen molar-refractivity contribution in [3.05, 3.63) is 59.9 Å². The van der Waals surface area contributed by atoms with Crippen LogP contribution in [0, 0.1) is 5.92 Å². The second kappa shape index (κ2) is 11.9. The molecule has 0 amide bonds. The molecular weight excluding hydrogens is 467 g/mol. The number of pyridine rings is 1. The van der Waals surface area contributed by atoms with Crippen molar-refractivity contribution in [3.63, 3.8) is 0 Å². The highest BCUT2D eigenvalue weighted by Crippen LogP contribution is 2.15. The van der Waals surface area contributed by atoms with E-state index in [-0.39, 0.29) is 24.0 Å². The molecule has 152 valence electrons. The zero-order chi connectivity index (χ0) is 18.9. The van der Waals surface area contributed by atoms with Crippen LogP contribution in [0.3, 0.4) is 0 Å². The first-order chi connectivity index (χ1) is 13.2. The Kier molecular flexibility index (Phi) is 9.49. The molecule has 0 radical (unpaired) electrons. The minimum atomic E-state index is 0. The Bertz CT molecular complexity index is 736. The number of nitrogens with zero attached hydrogens (tertiary/aromatic N) is 3. The molecule has 1 unspecified atom stereocenters. The normalized spacial score (nSPS) is 16.4. The van der Waals surface area contributed by atoms with Gasteiger partial charge in [0.15, 0.2) is 5.96 Å². The molecule has 0 bridgehead atoms. The van der Waals surface area contributed by atoms with Gasteiger partial charge in [0.25, 0.3) is 0 Å². The Morgan fingerprint density at radius 1 is 1.32 bits per heavy atom. The van der Waals surface area contributed by atoms with Gasteiger partial charge in [-0.3, -0.25) is 9.98 Å². The first kappa shape index (κ1) is 22.4. The maximum Gasteiger partial charge on any atom is 0.193 e. The average molecular weight is 496 g/mol. The molecule has 1 aromatic heterocycles. The summed E-state index contributed by atoms with van der Waals surface area (Å²) in [6, 6.07) is 13.9. The van der Waals surface area contributed by atoms with E-state index in [1.165, 1.54) is 0 Å². The van der Waals surface area contributed by atoms with E-state index in [4.69, 9.17) is 9.47 Å². The minimum absolute atomic E-state index is 0. The van der Waals surface area contributed by atoms with E-state index >= 15 is 0 Å². The molecule has 7 heteroatoms. The molecule has 2 aromatic rings. The number of aromatic nitrogens is 1. The van der Waals surface area contributed by atoms with Gasteiger partial charge in [-0.15, -0.1) is 24.0 Å². The molecule has 6 nitrogen and oxygen atoms in total. The molecule has 2 heterocycles. The molecule has 1 N–H and O–H groups in total. The number of benzene rings is 1. The lowest BCUT2D eigenvalue weighted by Crippen LogP contribution is -2.41. The molecule has 1 aromatic carbocycles. The Hall–Kier alpha value is -1.87. The number of halogens is 1. The van der Waals surface area contributed by atoms with Crippen LogP contribution in [-0.4, -0.2) is 49.7 Å². The summed E-state index contributed by atoms with van der Waals surface area (Å²) in [6.07, 6.45) is 2.90. The molecule has 1 aliphatic heterocycles. The van der Waals surface area contributed by atoms with Crippen LogP contribution in [0.4, 0.5) is 0 Å². The van der Waals surface area contributed by atoms with Crippen LogP contribution in [0.5, 0.6) is 5.75 Å². The lowest BCUT2D eigenvalue weighted by molar-refractivity contribution is 0.181. The molecule has 0 aliphatic carbocycles. The summed E-state index contributed by atoms with van der Waals surface area (Å²) in [4.78, 5) is 10.8. The Morgan fingerprint density at radius 3 is 2.93 bits per heavy atom. The third-order valence-electron chi connectivity index (χ3n) is 4.59. The SMILES string of the molecule is CN=C(NCc1cccc(OCc2ccccn2)c1)N(C)CC1CCOC1.I. The van der Waals surface area contributed by atoms with Gasteiger partial charge in [-0.05, 0) is 36.2 Å². The Morgan fingerprint density at radius 2 is 2.21 bits per heavy atom. The third-order valence-corrected chi connectivity index (χ3v) is 4.59. The summed E-state index contributed by atoms with van der Waals surface area (Å²) in [5, 5.41) is 3.43. The van der Waals surface area contributed by atoms with E-state index in [1.807, 2.05) is 43.4 Å². The molecule has 1 saturated heterocycles. The van der Waals surface area contributed by atoms with Gasteiger partial charge in [0.2, 0.25) is 0 Å². The number of nitrogens with one attached hydrogen (secondary N) is 1. The quantitative estimate of drug-likeness (QED) is 0.362. The average Bonchev–Trinajstić information content (AvgIpc) is 3.21. The van der Waals surface area contributed by atoms with Crippen LogP contribution in [-0.2, 0) is 17.9 Å². The summed E-state index contributed by atoms with van der Waals surface area (Å²) in [5.74, 6) is 2.31. The maximum absolute atomic E-state index is 5.86. The summed E-state index contributed by atoms with van der Waals surface area (Å²) >= 11 is 0. The van der Waals surface area contributed by atoms with Gasteiger partial charge in [0.05, 0.1) is 12.3 Å². The lowest BCUT2D eigenvalue weighted by atomic mass is 10.1. The number of hydrogen-bond donors (Lipinski definition) is 1. The standard InChI is InChI=1S/C21H28N4O2.HI/c1-22-21(25(2)14-18-9-11-26-15-18)24-13-17-6-5-8-20(12-17)27-16-19-7-3-4-10-23-19;/h3-8,10,12,18H,9,11,13-16H2,1-2H3,(H,22,24);1H. The van der Waals surface area contributed by atoms with Gasteiger partial charge in [0.1, 0.15) is 12.4 Å². The van der Waals surface area contributed by atoms with E-state index in [0.717, 1.165) is 49.1 Å². The van der Waals surface area contributed by atoms with Crippen molar-refractivity contribution >= 4 is 29.9 Å². The van der Waals surface area contributed by atoms with Crippen LogP contribution in [0.15, 0.2) is 53.7 Å². The number of guanidine groups is 1. The van der Waals surface area contributed by atoms with Gasteiger partial charge in [0, 0.05) is 45.9 Å². The number of rotatable bonds is 7. The number of hydrogen-bond acceptors (Lipinski definition) is 4. The predicted octanol–water partition coefficient (Wildman–Crippen LogP) is 3.32. The van der Waals surface area contributed by atoms with Crippen LogP contribution >= 0.6 is 24.0 Å². The topological polar surface area (TPSA) is 59.0 Å². The fourth-order valence-electron chi connectivity index (χ4n) is 3.15. The van der Waals surface area contributed by atoms with Crippen LogP contribution in [0.25, 0.3) is 0 Å². The van der Waals surface area contributed by atoms with Gasteiger partial charge < -0.3 is 19.7 Å². The zero-order valence-electron chi connectivity index (χ0n) is 16.5. The fraction of sp³-hybridized carbons (Fsp3) is 0.429. The lowest BCUT2D eigenvalue weighted by Gasteiger charge is -2.24. The van der Waals surface area contributed by atoms with Crippen LogP contribution < -0.4 is 10.1 Å². The van der Waals surface area contributed by atoms with Crippen molar-refractivity contribution in [2.75, 3.05) is 33.9 Å². The third kappa shape index (κ3) is 6.94. The molecule has 0 saturated carbocycles. The number of ether oxygens (including phenoxy) is 2.